The molecule has 3 N–H and O–H groups in total. The number of rotatable bonds is 5. The number of guanidine groups is 1. The molecule has 4 saturated carbocycles. The van der Waals surface area contributed by atoms with Crippen molar-refractivity contribution in [3.63, 3.8) is 0 Å². The number of hydrogen-bond donors (Lipinski definition) is 2. The topological polar surface area (TPSA) is 59.6 Å². The Balaban J connectivity index is 1.56. The second kappa shape index (κ2) is 5.31. The third-order valence-electron chi connectivity index (χ3n) is 5.36. The Bertz CT molecular complexity index is 318. The molecule has 0 atom stereocenters. The average Bonchev–Trinajstić information content (AvgIpc) is 2.35. The number of hydrogen-bond acceptors (Lipinski definition) is 2. The minimum absolute atomic E-state index is 0.488. The highest BCUT2D eigenvalue weighted by molar-refractivity contribution is 5.77. The molecular formula is C15H27N3O. The molecule has 4 bridgehead atoms. The van der Waals surface area contributed by atoms with Gasteiger partial charge < -0.3 is 15.8 Å². The van der Waals surface area contributed by atoms with E-state index in [1.165, 1.54) is 38.5 Å². The zero-order valence-corrected chi connectivity index (χ0v) is 12.0. The van der Waals surface area contributed by atoms with Gasteiger partial charge >= 0.3 is 0 Å². The molecule has 0 unspecified atom stereocenters. The molecule has 0 spiro atoms. The van der Waals surface area contributed by atoms with Crippen molar-refractivity contribution in [3.8, 4) is 0 Å². The van der Waals surface area contributed by atoms with Crippen molar-refractivity contribution >= 4 is 5.96 Å². The lowest BCUT2D eigenvalue weighted by Crippen LogP contribution is -2.48. The maximum atomic E-state index is 5.93. The maximum Gasteiger partial charge on any atom is 0.188 e. The van der Waals surface area contributed by atoms with Gasteiger partial charge in [0.25, 0.3) is 0 Å². The van der Waals surface area contributed by atoms with Gasteiger partial charge in [-0.1, -0.05) is 0 Å². The van der Waals surface area contributed by atoms with Gasteiger partial charge in [0.15, 0.2) is 5.96 Å². The molecule has 0 saturated heterocycles. The van der Waals surface area contributed by atoms with E-state index in [9.17, 15) is 0 Å². The molecule has 4 aliphatic carbocycles. The number of nitrogens with two attached hydrogens (primary N) is 1. The lowest BCUT2D eigenvalue weighted by Gasteiger charge is -2.56. The summed E-state index contributed by atoms with van der Waals surface area (Å²) in [7, 11) is 1.70. The van der Waals surface area contributed by atoms with Crippen molar-refractivity contribution in [1.82, 2.24) is 5.32 Å². The first-order chi connectivity index (χ1) is 9.19. The smallest absolute Gasteiger partial charge is 0.188 e. The van der Waals surface area contributed by atoms with Crippen LogP contribution in [0.2, 0.25) is 0 Å². The third-order valence-corrected chi connectivity index (χ3v) is 5.36. The zero-order valence-electron chi connectivity index (χ0n) is 12.0. The summed E-state index contributed by atoms with van der Waals surface area (Å²) in [6, 6.07) is 0. The third kappa shape index (κ3) is 2.88. The van der Waals surface area contributed by atoms with Crippen LogP contribution in [0.3, 0.4) is 0 Å². The lowest BCUT2D eigenvalue weighted by molar-refractivity contribution is -0.0465. The predicted molar refractivity (Wildman–Crippen MR) is 77.0 cm³/mol. The molecule has 0 aromatic heterocycles. The first-order valence-electron chi connectivity index (χ1n) is 7.72. The van der Waals surface area contributed by atoms with Crippen LogP contribution in [0.1, 0.15) is 38.5 Å². The van der Waals surface area contributed by atoms with Crippen LogP contribution in [0.15, 0.2) is 4.99 Å². The van der Waals surface area contributed by atoms with Crippen LogP contribution in [-0.4, -0.2) is 32.8 Å². The number of aliphatic imine (C=N–C) groups is 1. The molecule has 0 amide bonds. The monoisotopic (exact) mass is 265 g/mol. The van der Waals surface area contributed by atoms with Gasteiger partial charge in [0.1, 0.15) is 0 Å². The van der Waals surface area contributed by atoms with Crippen molar-refractivity contribution in [2.45, 2.75) is 38.5 Å². The fourth-order valence-electron chi connectivity index (χ4n) is 5.07. The van der Waals surface area contributed by atoms with Crippen LogP contribution >= 0.6 is 0 Å². The van der Waals surface area contributed by atoms with Crippen molar-refractivity contribution < 1.29 is 4.74 Å². The van der Waals surface area contributed by atoms with Crippen molar-refractivity contribution in [2.24, 2.45) is 33.9 Å². The fourth-order valence-corrected chi connectivity index (χ4v) is 5.07. The van der Waals surface area contributed by atoms with Crippen LogP contribution in [0.4, 0.5) is 0 Å². The summed E-state index contributed by atoms with van der Waals surface area (Å²) in [4.78, 5) is 4.61. The molecule has 0 aromatic carbocycles. The highest BCUT2D eigenvalue weighted by Crippen LogP contribution is 2.60. The first-order valence-corrected chi connectivity index (χ1v) is 7.72. The summed E-state index contributed by atoms with van der Waals surface area (Å²) in [5, 5.41) is 3.12. The second-order valence-electron chi connectivity index (χ2n) is 7.04. The van der Waals surface area contributed by atoms with Crippen molar-refractivity contribution in [2.75, 3.05) is 26.8 Å². The Morgan fingerprint density at radius 1 is 1.21 bits per heavy atom. The van der Waals surface area contributed by atoms with Gasteiger partial charge in [-0.25, -0.2) is 0 Å². The summed E-state index contributed by atoms with van der Waals surface area (Å²) < 4.78 is 5.00. The molecular weight excluding hydrogens is 238 g/mol. The number of methoxy groups -OCH3 is 1. The maximum absolute atomic E-state index is 5.93. The van der Waals surface area contributed by atoms with Gasteiger partial charge in [0, 0.05) is 20.2 Å². The molecule has 0 radical (unpaired) electrons. The van der Waals surface area contributed by atoms with E-state index in [0.29, 0.717) is 18.0 Å². The molecule has 0 heterocycles. The SMILES string of the molecule is COCCNC(N)=NCC12CC3CC(CC(C3)C1)C2. The van der Waals surface area contributed by atoms with Crippen LogP contribution in [0.25, 0.3) is 0 Å². The van der Waals surface area contributed by atoms with Crippen LogP contribution in [-0.2, 0) is 4.74 Å². The average molecular weight is 265 g/mol. The highest BCUT2D eigenvalue weighted by Gasteiger charge is 2.50. The normalized spacial score (nSPS) is 40.7. The van der Waals surface area contributed by atoms with E-state index in [0.717, 1.165) is 30.8 Å². The zero-order chi connectivity index (χ0) is 13.3. The molecule has 4 rings (SSSR count). The summed E-state index contributed by atoms with van der Waals surface area (Å²) in [6.07, 6.45) is 8.66. The summed E-state index contributed by atoms with van der Waals surface area (Å²) in [6.45, 7) is 2.35. The van der Waals surface area contributed by atoms with Crippen molar-refractivity contribution in [1.29, 1.82) is 0 Å². The lowest BCUT2D eigenvalue weighted by atomic mass is 9.49. The van der Waals surface area contributed by atoms with E-state index in [1.54, 1.807) is 7.11 Å². The molecule has 4 fully saturated rings. The van der Waals surface area contributed by atoms with E-state index in [4.69, 9.17) is 10.5 Å². The Labute approximate surface area is 116 Å². The summed E-state index contributed by atoms with van der Waals surface area (Å²) >= 11 is 0. The van der Waals surface area contributed by atoms with Gasteiger partial charge in [-0.2, -0.15) is 0 Å². The van der Waals surface area contributed by atoms with E-state index in [2.05, 4.69) is 10.3 Å². The number of ether oxygens (including phenoxy) is 1. The van der Waals surface area contributed by atoms with Gasteiger partial charge in [0.2, 0.25) is 0 Å². The minimum Gasteiger partial charge on any atom is -0.383 e. The molecule has 19 heavy (non-hydrogen) atoms. The van der Waals surface area contributed by atoms with E-state index in [1.807, 2.05) is 0 Å². The summed E-state index contributed by atoms with van der Waals surface area (Å²) in [5.74, 6) is 3.56. The fraction of sp³-hybridized carbons (Fsp3) is 0.933. The van der Waals surface area contributed by atoms with Gasteiger partial charge in [-0.05, 0) is 61.7 Å². The minimum atomic E-state index is 0.488. The largest absolute Gasteiger partial charge is 0.383 e. The van der Waals surface area contributed by atoms with Gasteiger partial charge in [-0.15, -0.1) is 0 Å². The Hall–Kier alpha value is -0.770. The Kier molecular flexibility index (Phi) is 3.70. The quantitative estimate of drug-likeness (QED) is 0.452. The van der Waals surface area contributed by atoms with Crippen LogP contribution < -0.4 is 11.1 Å². The second-order valence-corrected chi connectivity index (χ2v) is 7.04. The van der Waals surface area contributed by atoms with Crippen LogP contribution in [0, 0.1) is 23.2 Å². The predicted octanol–water partition coefficient (Wildman–Crippen LogP) is 1.75. The van der Waals surface area contributed by atoms with E-state index < -0.39 is 0 Å². The van der Waals surface area contributed by atoms with Gasteiger partial charge in [0.05, 0.1) is 6.61 Å². The van der Waals surface area contributed by atoms with Crippen molar-refractivity contribution in [3.05, 3.63) is 0 Å². The number of nitrogens with zero attached hydrogens (tertiary/aromatic N) is 1. The van der Waals surface area contributed by atoms with Gasteiger partial charge in [-0.3, -0.25) is 4.99 Å². The molecule has 108 valence electrons. The van der Waals surface area contributed by atoms with Crippen LogP contribution in [0.5, 0.6) is 0 Å². The molecule has 0 aromatic rings. The van der Waals surface area contributed by atoms with E-state index in [-0.39, 0.29) is 0 Å². The highest BCUT2D eigenvalue weighted by atomic mass is 16.5. The summed E-state index contributed by atoms with van der Waals surface area (Å²) in [5.41, 5.74) is 6.42. The number of nitrogens with one attached hydrogen (secondary N) is 1. The van der Waals surface area contributed by atoms with E-state index >= 15 is 0 Å². The molecule has 0 aliphatic heterocycles. The Morgan fingerprint density at radius 2 is 1.79 bits per heavy atom. The Morgan fingerprint density at radius 3 is 2.32 bits per heavy atom. The molecule has 4 aliphatic rings. The first kappa shape index (κ1) is 13.2. The standard InChI is InChI=1S/C15H27N3O/c1-19-3-2-17-14(16)18-10-15-7-11-4-12(8-15)6-13(5-11)9-15/h11-13H,2-10H2,1H3,(H3,16,17,18). The molecule has 4 heteroatoms. The molecule has 4 nitrogen and oxygen atoms in total.